The molecule has 2 aromatic heterocycles. The third kappa shape index (κ3) is 9.44. The van der Waals surface area contributed by atoms with E-state index < -0.39 is 0 Å². The zero-order valence-electron chi connectivity index (χ0n) is 29.9. The molecule has 0 bridgehead atoms. The first-order valence-corrected chi connectivity index (χ1v) is 18.5. The maximum atomic E-state index is 11.5. The van der Waals surface area contributed by atoms with E-state index in [-0.39, 0.29) is 11.7 Å². The predicted molar refractivity (Wildman–Crippen MR) is 196 cm³/mol. The largest absolute Gasteiger partial charge is 0.338 e. The van der Waals surface area contributed by atoms with Crippen LogP contribution in [0.1, 0.15) is 72.5 Å². The summed E-state index contributed by atoms with van der Waals surface area (Å²) in [5, 5.41) is 8.22. The van der Waals surface area contributed by atoms with Crippen LogP contribution in [0.25, 0.3) is 11.4 Å². The van der Waals surface area contributed by atoms with Gasteiger partial charge in [-0.2, -0.15) is 9.97 Å². The minimum absolute atomic E-state index is 0.147. The Labute approximate surface area is 300 Å². The maximum absolute atomic E-state index is 11.5. The van der Waals surface area contributed by atoms with Crippen molar-refractivity contribution in [3.8, 4) is 11.4 Å². The highest BCUT2D eigenvalue weighted by molar-refractivity contribution is 5.78. The molecule has 10 heteroatoms. The lowest BCUT2D eigenvalue weighted by Gasteiger charge is -2.40. The quantitative estimate of drug-likeness (QED) is 0.170. The Bertz CT molecular complexity index is 1850. The molecular weight excluding hydrogens is 638 g/mol. The number of aryl methyl sites for hydroxylation is 1. The van der Waals surface area contributed by atoms with Crippen LogP contribution in [0.2, 0.25) is 0 Å². The fraction of sp³-hybridized carbons (Fsp3) is 0.439. The summed E-state index contributed by atoms with van der Waals surface area (Å²) in [6, 6.07) is 28.0. The summed E-state index contributed by atoms with van der Waals surface area (Å²) in [5.41, 5.74) is 6.42. The van der Waals surface area contributed by atoms with Crippen LogP contribution in [0, 0.1) is 12.8 Å². The number of ketones is 1. The van der Waals surface area contributed by atoms with Crippen molar-refractivity contribution >= 4 is 5.78 Å². The van der Waals surface area contributed by atoms with E-state index in [1.165, 1.54) is 48.1 Å². The van der Waals surface area contributed by atoms with Gasteiger partial charge < -0.3 is 9.05 Å². The Kier molecular flexibility index (Phi) is 11.4. The average Bonchev–Trinajstić information content (AvgIpc) is 3.82. The first kappa shape index (κ1) is 34.9. The van der Waals surface area contributed by atoms with Gasteiger partial charge in [0.25, 0.3) is 0 Å². The standard InChI is InChI=1S/C24H28N4O.C17H21N3O2/c1-2-6-19(7-3-1)16-23-25-24(29-26-23)18-27-13-11-22(12-14-27)28-15-10-20-8-4-5-9-21(20)17-28;1-12-5-7-14(8-6-12)17-18-16(22-19-17)11-20-9-3-4-15(10-20)13(2)21/h1-9,22H,10-18H2;5-8,15H,3-4,9-11H2,1-2H3. The molecule has 5 aromatic rings. The number of rotatable bonds is 9. The van der Waals surface area contributed by atoms with E-state index in [0.717, 1.165) is 75.8 Å². The van der Waals surface area contributed by atoms with Crippen LogP contribution in [0.4, 0.5) is 0 Å². The minimum atomic E-state index is 0.147. The molecule has 0 N–H and O–H groups in total. The molecule has 51 heavy (non-hydrogen) atoms. The molecule has 3 aliphatic rings. The smallest absolute Gasteiger partial charge is 0.241 e. The highest BCUT2D eigenvalue weighted by atomic mass is 16.5. The number of aromatic nitrogens is 4. The minimum Gasteiger partial charge on any atom is -0.338 e. The molecule has 5 heterocycles. The summed E-state index contributed by atoms with van der Waals surface area (Å²) in [7, 11) is 0. The Morgan fingerprint density at radius 2 is 1.47 bits per heavy atom. The van der Waals surface area contributed by atoms with Crippen LogP contribution < -0.4 is 0 Å². The van der Waals surface area contributed by atoms with Crippen LogP contribution in [-0.2, 0) is 37.3 Å². The van der Waals surface area contributed by atoms with Crippen molar-refractivity contribution in [3.05, 3.63) is 119 Å². The predicted octanol–water partition coefficient (Wildman–Crippen LogP) is 6.53. The summed E-state index contributed by atoms with van der Waals surface area (Å²) in [5.74, 6) is 3.16. The number of nitrogens with zero attached hydrogens (tertiary/aromatic N) is 7. The fourth-order valence-corrected chi connectivity index (χ4v) is 7.53. The Balaban J connectivity index is 0.000000166. The van der Waals surface area contributed by atoms with Gasteiger partial charge in [0.15, 0.2) is 5.82 Å². The molecule has 2 fully saturated rings. The summed E-state index contributed by atoms with van der Waals surface area (Å²) >= 11 is 0. The zero-order valence-corrected chi connectivity index (χ0v) is 29.9. The number of carbonyl (C=O) groups is 1. The van der Waals surface area contributed by atoms with Crippen LogP contribution in [0.3, 0.4) is 0 Å². The van der Waals surface area contributed by atoms with Crippen molar-refractivity contribution in [3.63, 3.8) is 0 Å². The van der Waals surface area contributed by atoms with Crippen molar-refractivity contribution in [2.24, 2.45) is 5.92 Å². The second-order valence-corrected chi connectivity index (χ2v) is 14.3. The van der Waals surface area contributed by atoms with E-state index in [1.54, 1.807) is 6.92 Å². The number of piperidine rings is 2. The number of carbonyl (C=O) groups excluding carboxylic acids is 1. The van der Waals surface area contributed by atoms with E-state index in [1.807, 2.05) is 49.4 Å². The SMILES string of the molecule is CC(=O)C1CCCN(Cc2nc(-c3ccc(C)cc3)no2)C1.c1ccc(Cc2noc(CN3CCC(N4CCc5ccccc5C4)CC3)n2)cc1. The van der Waals surface area contributed by atoms with E-state index in [2.05, 4.69) is 71.4 Å². The Morgan fingerprint density at radius 1 is 0.765 bits per heavy atom. The van der Waals surface area contributed by atoms with E-state index in [9.17, 15) is 4.79 Å². The normalized spacial score (nSPS) is 18.9. The van der Waals surface area contributed by atoms with Crippen molar-refractivity contribution in [2.45, 2.75) is 78.0 Å². The average molecular weight is 688 g/mol. The molecule has 8 rings (SSSR count). The van der Waals surface area contributed by atoms with Gasteiger partial charge in [0.1, 0.15) is 5.78 Å². The third-order valence-corrected chi connectivity index (χ3v) is 10.5. The summed E-state index contributed by atoms with van der Waals surface area (Å²) < 4.78 is 10.9. The zero-order chi connectivity index (χ0) is 35.0. The van der Waals surface area contributed by atoms with Gasteiger partial charge in [-0.05, 0) is 69.2 Å². The number of hydrogen-bond donors (Lipinski definition) is 0. The molecule has 0 spiro atoms. The van der Waals surface area contributed by atoms with Crippen LogP contribution >= 0.6 is 0 Å². The molecule has 0 saturated carbocycles. The molecule has 10 nitrogen and oxygen atoms in total. The van der Waals surface area contributed by atoms with Gasteiger partial charge >= 0.3 is 0 Å². The highest BCUT2D eigenvalue weighted by Crippen LogP contribution is 2.26. The van der Waals surface area contributed by atoms with Gasteiger partial charge in [-0.25, -0.2) is 0 Å². The third-order valence-electron chi connectivity index (χ3n) is 10.5. The molecule has 1 unspecified atom stereocenters. The molecule has 0 radical (unpaired) electrons. The number of likely N-dealkylation sites (tertiary alicyclic amines) is 2. The van der Waals surface area contributed by atoms with Crippen molar-refractivity contribution in [1.29, 1.82) is 0 Å². The first-order chi connectivity index (χ1) is 24.9. The molecule has 0 aliphatic carbocycles. The Hall–Kier alpha value is -4.51. The number of Topliss-reactive ketones (excluding diaryl/α,β-unsaturated/α-hetero) is 1. The topological polar surface area (TPSA) is 105 Å². The molecule has 1 atom stereocenters. The van der Waals surface area contributed by atoms with Gasteiger partial charge in [-0.1, -0.05) is 94.7 Å². The number of benzene rings is 3. The van der Waals surface area contributed by atoms with Gasteiger partial charge in [0, 0.05) is 56.7 Å². The number of hydrogen-bond acceptors (Lipinski definition) is 10. The molecule has 0 amide bonds. The fourth-order valence-electron chi connectivity index (χ4n) is 7.53. The monoisotopic (exact) mass is 687 g/mol. The second-order valence-electron chi connectivity index (χ2n) is 14.3. The van der Waals surface area contributed by atoms with Gasteiger partial charge in [-0.3, -0.25) is 19.5 Å². The molecule has 3 aliphatic heterocycles. The molecular formula is C41H49N7O3. The number of fused-ring (bicyclic) bond motifs is 1. The lowest BCUT2D eigenvalue weighted by molar-refractivity contribution is -0.122. The molecule has 3 aromatic carbocycles. The highest BCUT2D eigenvalue weighted by Gasteiger charge is 2.28. The Morgan fingerprint density at radius 3 is 2.25 bits per heavy atom. The van der Waals surface area contributed by atoms with Crippen LogP contribution in [0.15, 0.2) is 87.9 Å². The van der Waals surface area contributed by atoms with Crippen molar-refractivity contribution < 1.29 is 13.8 Å². The first-order valence-electron chi connectivity index (χ1n) is 18.5. The lowest BCUT2D eigenvalue weighted by atomic mass is 9.95. The molecule has 266 valence electrons. The van der Waals surface area contributed by atoms with Crippen LogP contribution in [0.5, 0.6) is 0 Å². The lowest BCUT2D eigenvalue weighted by Crippen LogP contribution is -2.46. The van der Waals surface area contributed by atoms with Crippen molar-refractivity contribution in [1.82, 2.24) is 35.0 Å². The van der Waals surface area contributed by atoms with Crippen molar-refractivity contribution in [2.75, 3.05) is 32.7 Å². The van der Waals surface area contributed by atoms with Gasteiger partial charge in [0.05, 0.1) is 13.1 Å². The van der Waals surface area contributed by atoms with E-state index >= 15 is 0 Å². The van der Waals surface area contributed by atoms with Gasteiger partial charge in [0.2, 0.25) is 17.6 Å². The van der Waals surface area contributed by atoms with Crippen LogP contribution in [-0.4, -0.2) is 79.5 Å². The van der Waals surface area contributed by atoms with E-state index in [0.29, 0.717) is 24.3 Å². The second kappa shape index (κ2) is 16.7. The maximum Gasteiger partial charge on any atom is 0.241 e. The summed E-state index contributed by atoms with van der Waals surface area (Å²) in [6.07, 6.45) is 6.37. The summed E-state index contributed by atoms with van der Waals surface area (Å²) in [6.45, 7) is 11.4. The van der Waals surface area contributed by atoms with E-state index in [4.69, 9.17) is 9.05 Å². The van der Waals surface area contributed by atoms with Gasteiger partial charge in [-0.15, -0.1) is 0 Å². The molecule has 2 saturated heterocycles. The summed E-state index contributed by atoms with van der Waals surface area (Å²) in [4.78, 5) is 28.0.